The summed E-state index contributed by atoms with van der Waals surface area (Å²) in [5.74, 6) is 0. The predicted molar refractivity (Wildman–Crippen MR) is 221 cm³/mol. The molecule has 0 N–H and O–H groups in total. The molecule has 10 aromatic rings. The molecule has 0 unspecified atom stereocenters. The van der Waals surface area contributed by atoms with Gasteiger partial charge in [0.25, 0.3) is 0 Å². The van der Waals surface area contributed by atoms with Gasteiger partial charge in [0.2, 0.25) is 0 Å². The number of para-hydroxylation sites is 3. The molecule has 0 saturated heterocycles. The molecule has 8 aromatic carbocycles. The Morgan fingerprint density at radius 2 is 0.963 bits per heavy atom. The van der Waals surface area contributed by atoms with Crippen molar-refractivity contribution in [1.82, 2.24) is 9.13 Å². The topological polar surface area (TPSA) is 57.4 Å². The van der Waals surface area contributed by atoms with Gasteiger partial charge in [-0.3, -0.25) is 0 Å². The monoisotopic (exact) mass is 686 g/mol. The minimum atomic E-state index is 0.461. The van der Waals surface area contributed by atoms with Gasteiger partial charge in [-0.15, -0.1) is 0 Å². The zero-order chi connectivity index (χ0) is 36.2. The molecule has 0 radical (unpaired) electrons. The van der Waals surface area contributed by atoms with E-state index in [9.17, 15) is 10.5 Å². The molecular weight excluding hydrogens is 657 g/mol. The van der Waals surface area contributed by atoms with Crippen LogP contribution in [0, 0.1) is 22.7 Å². The zero-order valence-electron chi connectivity index (χ0n) is 29.1. The molecular formula is C50H30N4. The highest BCUT2D eigenvalue weighted by Crippen LogP contribution is 2.47. The van der Waals surface area contributed by atoms with Crippen molar-refractivity contribution in [1.29, 1.82) is 10.5 Å². The van der Waals surface area contributed by atoms with Crippen LogP contribution in [0.5, 0.6) is 0 Å². The van der Waals surface area contributed by atoms with Crippen molar-refractivity contribution in [3.8, 4) is 56.9 Å². The predicted octanol–water partition coefficient (Wildman–Crippen LogP) is 12.6. The van der Waals surface area contributed by atoms with E-state index in [1.165, 1.54) is 27.1 Å². The van der Waals surface area contributed by atoms with E-state index < -0.39 is 0 Å². The van der Waals surface area contributed by atoms with Crippen LogP contribution >= 0.6 is 0 Å². The quantitative estimate of drug-likeness (QED) is 0.181. The van der Waals surface area contributed by atoms with Crippen molar-refractivity contribution in [3.63, 3.8) is 0 Å². The van der Waals surface area contributed by atoms with Crippen LogP contribution < -0.4 is 0 Å². The number of fused-ring (bicyclic) bond motifs is 7. The van der Waals surface area contributed by atoms with Gasteiger partial charge in [-0.05, 0) is 76.9 Å². The van der Waals surface area contributed by atoms with Crippen molar-refractivity contribution in [2.75, 3.05) is 0 Å². The maximum atomic E-state index is 10.3. The second-order valence-corrected chi connectivity index (χ2v) is 13.5. The minimum absolute atomic E-state index is 0.461. The molecule has 10 rings (SSSR count). The molecule has 0 spiro atoms. The van der Waals surface area contributed by atoms with E-state index >= 15 is 0 Å². The fraction of sp³-hybridized carbons (Fsp3) is 0. The van der Waals surface area contributed by atoms with Crippen molar-refractivity contribution in [2.45, 2.75) is 0 Å². The second kappa shape index (κ2) is 12.5. The van der Waals surface area contributed by atoms with E-state index in [1.54, 1.807) is 12.1 Å². The Balaban J connectivity index is 1.40. The Hall–Kier alpha value is -7.66. The average molecular weight is 687 g/mol. The first kappa shape index (κ1) is 31.1. The molecule has 0 aliphatic heterocycles. The molecule has 0 saturated carbocycles. The minimum Gasteiger partial charge on any atom is -0.309 e. The highest BCUT2D eigenvalue weighted by Gasteiger charge is 2.25. The molecule has 0 amide bonds. The Kier molecular flexibility index (Phi) is 7.22. The molecule has 0 aliphatic carbocycles. The maximum Gasteiger partial charge on any atom is 0.0998 e. The van der Waals surface area contributed by atoms with Gasteiger partial charge in [-0.25, -0.2) is 0 Å². The molecule has 4 heteroatoms. The molecule has 4 nitrogen and oxygen atoms in total. The standard InChI is InChI=1S/C50H30N4/c51-31-33-24-25-39(37(28-33)32-52)36-29-43(34-14-4-1-5-15-34)49(44(30-36)35-16-6-2-7-17-35)54-46-23-13-11-21-42(46)48-47(54)27-26-41-40-20-10-12-22-45(40)53(50(41)48)38-18-8-3-9-19-38/h1-30H. The molecule has 0 aliphatic rings. The summed E-state index contributed by atoms with van der Waals surface area (Å²) in [6.07, 6.45) is 0. The van der Waals surface area contributed by atoms with Gasteiger partial charge < -0.3 is 9.13 Å². The highest BCUT2D eigenvalue weighted by atomic mass is 15.0. The summed E-state index contributed by atoms with van der Waals surface area (Å²) in [4.78, 5) is 0. The summed E-state index contributed by atoms with van der Waals surface area (Å²) < 4.78 is 4.85. The van der Waals surface area contributed by atoms with Crippen molar-refractivity contribution in [3.05, 3.63) is 193 Å². The molecule has 0 bridgehead atoms. The van der Waals surface area contributed by atoms with Crippen LogP contribution in [0.2, 0.25) is 0 Å². The summed E-state index contributed by atoms with van der Waals surface area (Å²) in [5.41, 5.74) is 13.5. The SMILES string of the molecule is N#Cc1ccc(-c2cc(-c3ccccc3)c(-n3c4ccccc4c4c3ccc3c5ccccc5n(-c5ccccc5)c34)c(-c3ccccc3)c2)c(C#N)c1. The number of benzene rings is 8. The van der Waals surface area contributed by atoms with Crippen LogP contribution in [0.25, 0.3) is 88.4 Å². The van der Waals surface area contributed by atoms with Crippen molar-refractivity contribution in [2.24, 2.45) is 0 Å². The molecule has 0 atom stereocenters. The van der Waals surface area contributed by atoms with E-state index in [0.717, 1.165) is 61.3 Å². The maximum absolute atomic E-state index is 10.3. The summed E-state index contributed by atoms with van der Waals surface area (Å²) in [6.45, 7) is 0. The number of aromatic nitrogens is 2. The fourth-order valence-corrected chi connectivity index (χ4v) is 8.26. The van der Waals surface area contributed by atoms with Crippen molar-refractivity contribution >= 4 is 43.6 Å². The first-order chi connectivity index (χ1) is 26.7. The third-order valence-corrected chi connectivity index (χ3v) is 10.6. The van der Waals surface area contributed by atoms with Crippen LogP contribution in [0.1, 0.15) is 11.1 Å². The number of nitriles is 2. The van der Waals surface area contributed by atoms with E-state index in [0.29, 0.717) is 11.1 Å². The summed E-state index contributed by atoms with van der Waals surface area (Å²) >= 11 is 0. The van der Waals surface area contributed by atoms with Crippen LogP contribution in [-0.2, 0) is 0 Å². The lowest BCUT2D eigenvalue weighted by Crippen LogP contribution is -2.02. The van der Waals surface area contributed by atoms with Gasteiger partial charge in [0, 0.05) is 38.4 Å². The number of hydrogen-bond acceptors (Lipinski definition) is 2. The van der Waals surface area contributed by atoms with Gasteiger partial charge >= 0.3 is 0 Å². The molecule has 2 aromatic heterocycles. The molecule has 54 heavy (non-hydrogen) atoms. The summed E-state index contributed by atoms with van der Waals surface area (Å²) in [5, 5.41) is 24.7. The van der Waals surface area contributed by atoms with Crippen LogP contribution in [0.4, 0.5) is 0 Å². The van der Waals surface area contributed by atoms with Crippen LogP contribution in [-0.4, -0.2) is 9.13 Å². The molecule has 2 heterocycles. The van der Waals surface area contributed by atoms with Gasteiger partial charge in [-0.1, -0.05) is 127 Å². The lowest BCUT2D eigenvalue weighted by atomic mass is 9.89. The zero-order valence-corrected chi connectivity index (χ0v) is 29.1. The van der Waals surface area contributed by atoms with Gasteiger partial charge in [-0.2, -0.15) is 10.5 Å². The van der Waals surface area contributed by atoms with Crippen LogP contribution in [0.3, 0.4) is 0 Å². The largest absolute Gasteiger partial charge is 0.309 e. The lowest BCUT2D eigenvalue weighted by Gasteiger charge is -2.21. The lowest BCUT2D eigenvalue weighted by molar-refractivity contribution is 1.18. The smallest absolute Gasteiger partial charge is 0.0998 e. The number of rotatable bonds is 5. The van der Waals surface area contributed by atoms with Crippen molar-refractivity contribution < 1.29 is 0 Å². The van der Waals surface area contributed by atoms with Gasteiger partial charge in [0.05, 0.1) is 51.0 Å². The van der Waals surface area contributed by atoms with Gasteiger partial charge in [0.15, 0.2) is 0 Å². The van der Waals surface area contributed by atoms with Gasteiger partial charge in [0.1, 0.15) is 0 Å². The average Bonchev–Trinajstić information content (AvgIpc) is 3.76. The molecule has 0 fully saturated rings. The fourth-order valence-electron chi connectivity index (χ4n) is 8.26. The van der Waals surface area contributed by atoms with E-state index in [2.05, 4.69) is 173 Å². The van der Waals surface area contributed by atoms with E-state index in [4.69, 9.17) is 0 Å². The summed E-state index contributed by atoms with van der Waals surface area (Å²) in [7, 11) is 0. The van der Waals surface area contributed by atoms with Crippen LogP contribution in [0.15, 0.2) is 182 Å². The molecule has 250 valence electrons. The first-order valence-corrected chi connectivity index (χ1v) is 18.0. The van der Waals surface area contributed by atoms with E-state index in [1.807, 2.05) is 18.2 Å². The Bertz CT molecular complexity index is 3100. The highest BCUT2D eigenvalue weighted by molar-refractivity contribution is 6.26. The third-order valence-electron chi connectivity index (χ3n) is 10.6. The Morgan fingerprint density at radius 3 is 1.59 bits per heavy atom. The number of hydrogen-bond donors (Lipinski definition) is 0. The normalized spacial score (nSPS) is 11.3. The summed E-state index contributed by atoms with van der Waals surface area (Å²) in [6, 6.07) is 67.9. The third kappa shape index (κ3) is 4.76. The number of nitrogens with zero attached hydrogens (tertiary/aromatic N) is 4. The second-order valence-electron chi connectivity index (χ2n) is 13.5. The Morgan fingerprint density at radius 1 is 0.389 bits per heavy atom. The Labute approximate surface area is 312 Å². The van der Waals surface area contributed by atoms with E-state index in [-0.39, 0.29) is 0 Å². The first-order valence-electron chi connectivity index (χ1n) is 18.0.